The number of fused-ring (bicyclic) bond motifs is 3. The summed E-state index contributed by atoms with van der Waals surface area (Å²) in [6.45, 7) is 3.93. The van der Waals surface area contributed by atoms with Crippen molar-refractivity contribution >= 4 is 66.1 Å². The van der Waals surface area contributed by atoms with E-state index in [2.05, 4.69) is 9.97 Å². The Morgan fingerprint density at radius 1 is 0.556 bits per heavy atom. The van der Waals surface area contributed by atoms with Crippen LogP contribution in [0.25, 0.3) is 54.0 Å². The number of ether oxygens (including phenoxy) is 4. The molecule has 0 amide bonds. The van der Waals surface area contributed by atoms with Gasteiger partial charge < -0.3 is 18.9 Å². The van der Waals surface area contributed by atoms with Crippen LogP contribution in [0, 0.1) is 0 Å². The highest BCUT2D eigenvalue weighted by Crippen LogP contribution is 2.44. The van der Waals surface area contributed by atoms with Gasteiger partial charge in [0.05, 0.1) is 63.1 Å². The molecule has 0 spiro atoms. The first-order chi connectivity index (χ1) is 26.5. The van der Waals surface area contributed by atoms with E-state index in [0.717, 1.165) is 37.2 Å². The molecule has 54 heavy (non-hydrogen) atoms. The smallest absolute Gasteiger partial charge is 0.348 e. The number of para-hydroxylation sites is 6. The summed E-state index contributed by atoms with van der Waals surface area (Å²) < 4.78 is 24.8. The summed E-state index contributed by atoms with van der Waals surface area (Å²) in [4.78, 5) is 46.5. The fraction of sp³-hybridized carbons (Fsp3) is 0.143. The van der Waals surface area contributed by atoms with E-state index in [1.54, 1.807) is 26.2 Å². The molecule has 0 atom stereocenters. The van der Waals surface area contributed by atoms with Crippen LogP contribution >= 0.6 is 22.7 Å². The third-order valence-corrected chi connectivity index (χ3v) is 11.1. The Morgan fingerprint density at radius 3 is 1.41 bits per heavy atom. The topological polar surface area (TPSA) is 123 Å². The highest BCUT2D eigenvalue weighted by molar-refractivity contribution is 7.40. The number of carbonyl (C=O) groups is 2. The maximum absolute atomic E-state index is 13.4. The van der Waals surface area contributed by atoms with Gasteiger partial charge >= 0.3 is 11.9 Å². The Bertz CT molecular complexity index is 2490. The van der Waals surface area contributed by atoms with Crippen molar-refractivity contribution in [3.8, 4) is 34.0 Å². The fourth-order valence-electron chi connectivity index (χ4n) is 6.17. The van der Waals surface area contributed by atoms with Crippen LogP contribution in [0.2, 0.25) is 0 Å². The maximum Gasteiger partial charge on any atom is 0.348 e. The van der Waals surface area contributed by atoms with Crippen molar-refractivity contribution in [2.75, 3.05) is 13.2 Å². The fourth-order valence-corrected chi connectivity index (χ4v) is 8.75. The summed E-state index contributed by atoms with van der Waals surface area (Å²) in [6, 6.07) is 30.5. The van der Waals surface area contributed by atoms with Crippen molar-refractivity contribution in [3.63, 3.8) is 0 Å². The molecule has 4 aromatic carbocycles. The normalized spacial score (nSPS) is 11.2. The average molecular weight is 753 g/mol. The maximum atomic E-state index is 13.4. The zero-order chi connectivity index (χ0) is 37.0. The molecule has 4 heterocycles. The number of rotatable bonds is 12. The van der Waals surface area contributed by atoms with E-state index in [1.807, 2.05) is 97.1 Å². The van der Waals surface area contributed by atoms with Crippen LogP contribution < -0.4 is 9.47 Å². The summed E-state index contributed by atoms with van der Waals surface area (Å²) >= 11 is 2.52. The number of nitrogens with zero attached hydrogens (tertiary/aromatic N) is 4. The predicted octanol–water partition coefficient (Wildman–Crippen LogP) is 9.69. The molecule has 0 unspecified atom stereocenters. The summed E-state index contributed by atoms with van der Waals surface area (Å²) in [5.74, 6) is 0.173. The van der Waals surface area contributed by atoms with Gasteiger partial charge in [0.25, 0.3) is 0 Å². The largest absolute Gasteiger partial charge is 0.488 e. The van der Waals surface area contributed by atoms with E-state index in [0.29, 0.717) is 49.2 Å². The third-order valence-electron chi connectivity index (χ3n) is 8.63. The SMILES string of the molecule is CCOC(=O)c1sc2sc(C(=O)OCC)c(COc3ccccc3-c3cnc4ccccc4n3)c2c1COc1ccccc1-c1cnc2ccccc2n1. The van der Waals surface area contributed by atoms with Crippen molar-refractivity contribution < 1.29 is 28.5 Å². The van der Waals surface area contributed by atoms with Crippen LogP contribution in [0.3, 0.4) is 0 Å². The first-order valence-electron chi connectivity index (χ1n) is 17.3. The molecule has 0 aliphatic rings. The van der Waals surface area contributed by atoms with Crippen LogP contribution in [0.5, 0.6) is 11.5 Å². The van der Waals surface area contributed by atoms with Crippen LogP contribution in [-0.4, -0.2) is 45.1 Å². The minimum atomic E-state index is -0.469. The molecule has 0 N–H and O–H groups in total. The Hall–Kier alpha value is -6.24. The highest BCUT2D eigenvalue weighted by Gasteiger charge is 2.29. The lowest BCUT2D eigenvalue weighted by Crippen LogP contribution is -2.10. The van der Waals surface area contributed by atoms with E-state index in [-0.39, 0.29) is 26.4 Å². The molecule has 8 aromatic rings. The molecule has 268 valence electrons. The van der Waals surface area contributed by atoms with Crippen molar-refractivity contribution in [3.05, 3.63) is 130 Å². The van der Waals surface area contributed by atoms with E-state index in [9.17, 15) is 9.59 Å². The predicted molar refractivity (Wildman–Crippen MR) is 210 cm³/mol. The molecule has 0 aliphatic heterocycles. The Labute approximate surface area is 318 Å². The van der Waals surface area contributed by atoms with Crippen LogP contribution in [-0.2, 0) is 22.7 Å². The minimum Gasteiger partial charge on any atom is -0.488 e. The van der Waals surface area contributed by atoms with Gasteiger partial charge in [0.1, 0.15) is 34.5 Å². The summed E-state index contributed by atoms with van der Waals surface area (Å²) in [5.41, 5.74) is 7.07. The highest BCUT2D eigenvalue weighted by atomic mass is 32.2. The molecular weight excluding hydrogens is 721 g/mol. The molecule has 10 nitrogen and oxygen atoms in total. The van der Waals surface area contributed by atoms with Crippen molar-refractivity contribution in [1.29, 1.82) is 0 Å². The second-order valence-electron chi connectivity index (χ2n) is 12.0. The van der Waals surface area contributed by atoms with E-state index in [1.165, 1.54) is 22.7 Å². The van der Waals surface area contributed by atoms with Gasteiger partial charge in [0.15, 0.2) is 0 Å². The minimum absolute atomic E-state index is 0.00142. The summed E-state index contributed by atoms with van der Waals surface area (Å²) in [5, 5.41) is 0.696. The van der Waals surface area contributed by atoms with Gasteiger partial charge in [-0.2, -0.15) is 0 Å². The number of benzene rings is 4. The lowest BCUT2D eigenvalue weighted by atomic mass is 10.1. The molecule has 0 aliphatic carbocycles. The number of aromatic nitrogens is 4. The van der Waals surface area contributed by atoms with Crippen LogP contribution in [0.15, 0.2) is 109 Å². The van der Waals surface area contributed by atoms with Gasteiger partial charge in [-0.05, 0) is 62.4 Å². The van der Waals surface area contributed by atoms with E-state index < -0.39 is 11.9 Å². The second kappa shape index (κ2) is 15.4. The quantitative estimate of drug-likeness (QED) is 0.112. The molecule has 0 radical (unpaired) electrons. The molecule has 8 rings (SSSR count). The number of hydrogen-bond donors (Lipinski definition) is 0. The van der Waals surface area contributed by atoms with Gasteiger partial charge in [0.2, 0.25) is 0 Å². The molecular formula is C42H32N4O6S2. The zero-order valence-corrected chi connectivity index (χ0v) is 30.9. The lowest BCUT2D eigenvalue weighted by Gasteiger charge is -2.14. The summed E-state index contributed by atoms with van der Waals surface area (Å²) in [6.07, 6.45) is 3.44. The second-order valence-corrected chi connectivity index (χ2v) is 14.3. The Kier molecular flexibility index (Phi) is 9.93. The monoisotopic (exact) mass is 752 g/mol. The average Bonchev–Trinajstić information content (AvgIpc) is 3.76. The van der Waals surface area contributed by atoms with Gasteiger partial charge in [-0.25, -0.2) is 19.6 Å². The standard InChI is InChI=1S/C42H32N4O6S2/c1-3-49-40(47)38-27(23-51-35-19-11-5-13-25(35)33-21-43-29-15-7-9-17-31(29)45-33)37-28(39(41(48)50-4-2)54-42(37)53-38)24-52-36-20-12-6-14-26(36)34-22-44-30-16-8-10-18-32(30)46-34/h5-22H,3-4,23-24H2,1-2H3. The van der Waals surface area contributed by atoms with Gasteiger partial charge in [-0.15, -0.1) is 22.7 Å². The van der Waals surface area contributed by atoms with Crippen molar-refractivity contribution in [2.45, 2.75) is 27.1 Å². The summed E-state index contributed by atoms with van der Waals surface area (Å²) in [7, 11) is 0. The first kappa shape index (κ1) is 34.8. The van der Waals surface area contributed by atoms with Crippen LogP contribution in [0.1, 0.15) is 44.3 Å². The lowest BCUT2D eigenvalue weighted by molar-refractivity contribution is 0.0520. The van der Waals surface area contributed by atoms with Crippen molar-refractivity contribution in [2.24, 2.45) is 0 Å². The van der Waals surface area contributed by atoms with Gasteiger partial charge in [-0.1, -0.05) is 48.5 Å². The van der Waals surface area contributed by atoms with E-state index >= 15 is 0 Å². The number of hydrogen-bond acceptors (Lipinski definition) is 12. The van der Waals surface area contributed by atoms with E-state index in [4.69, 9.17) is 28.9 Å². The van der Waals surface area contributed by atoms with Gasteiger partial charge in [-0.3, -0.25) is 9.97 Å². The molecule has 0 saturated heterocycles. The molecule has 0 bridgehead atoms. The van der Waals surface area contributed by atoms with Crippen LogP contribution in [0.4, 0.5) is 0 Å². The van der Waals surface area contributed by atoms with Crippen molar-refractivity contribution in [1.82, 2.24) is 19.9 Å². The molecule has 12 heteroatoms. The number of thiophene rings is 2. The Balaban J connectivity index is 1.18. The molecule has 0 saturated carbocycles. The number of esters is 2. The molecule has 4 aromatic heterocycles. The van der Waals surface area contributed by atoms with Gasteiger partial charge in [0, 0.05) is 27.6 Å². The third kappa shape index (κ3) is 6.84. The first-order valence-corrected chi connectivity index (χ1v) is 18.9. The zero-order valence-electron chi connectivity index (χ0n) is 29.3. The Morgan fingerprint density at radius 2 is 0.963 bits per heavy atom. The molecule has 0 fully saturated rings. The number of carbonyl (C=O) groups excluding carboxylic acids is 2.